The zero-order chi connectivity index (χ0) is 23.5. The molecule has 1 fully saturated rings. The SMILES string of the molecule is CC(C)c1ccc(S(=O)(=O)N2CCN([C@H](C)C(=O)Nc3ccc(N(C)C)cc3)CC2)cc1. The van der Waals surface area contributed by atoms with Crippen molar-refractivity contribution in [2.75, 3.05) is 50.5 Å². The Kier molecular flexibility index (Phi) is 7.59. The van der Waals surface area contributed by atoms with Gasteiger partial charge in [0.05, 0.1) is 10.9 Å². The summed E-state index contributed by atoms with van der Waals surface area (Å²) in [6, 6.07) is 14.5. The van der Waals surface area contributed by atoms with E-state index >= 15 is 0 Å². The third kappa shape index (κ3) is 5.49. The standard InChI is InChI=1S/C24H34N4O3S/c1-18(2)20-6-12-23(13-7-20)32(30,31)28-16-14-27(15-17-28)19(3)24(29)25-21-8-10-22(11-9-21)26(4)5/h6-13,18-19H,14-17H2,1-5H3,(H,25,29)/t19-/m1/s1. The van der Waals surface area contributed by atoms with Gasteiger partial charge in [-0.2, -0.15) is 4.31 Å². The smallest absolute Gasteiger partial charge is 0.243 e. The van der Waals surface area contributed by atoms with Crippen molar-refractivity contribution in [1.29, 1.82) is 0 Å². The molecule has 8 heteroatoms. The summed E-state index contributed by atoms with van der Waals surface area (Å²) in [5.41, 5.74) is 2.93. The van der Waals surface area contributed by atoms with E-state index < -0.39 is 10.0 Å². The van der Waals surface area contributed by atoms with Crippen LogP contribution in [0.2, 0.25) is 0 Å². The number of piperazine rings is 1. The molecule has 1 amide bonds. The number of nitrogens with zero attached hydrogens (tertiary/aromatic N) is 3. The predicted octanol–water partition coefficient (Wildman–Crippen LogP) is 3.21. The summed E-state index contributed by atoms with van der Waals surface area (Å²) in [7, 11) is 0.405. The van der Waals surface area contributed by atoms with Gasteiger partial charge in [-0.1, -0.05) is 26.0 Å². The molecule has 1 heterocycles. The fourth-order valence-corrected chi connectivity index (χ4v) is 5.18. The first kappa shape index (κ1) is 24.2. The number of carbonyl (C=O) groups excluding carboxylic acids is 1. The number of carbonyl (C=O) groups is 1. The Morgan fingerprint density at radius 1 is 0.906 bits per heavy atom. The Balaban J connectivity index is 1.57. The molecule has 3 rings (SSSR count). The van der Waals surface area contributed by atoms with Crippen LogP contribution in [0.4, 0.5) is 11.4 Å². The predicted molar refractivity (Wildman–Crippen MR) is 130 cm³/mol. The molecular formula is C24H34N4O3S. The van der Waals surface area contributed by atoms with E-state index in [1.54, 1.807) is 12.1 Å². The lowest BCUT2D eigenvalue weighted by molar-refractivity contribution is -0.121. The van der Waals surface area contributed by atoms with Gasteiger partial charge >= 0.3 is 0 Å². The van der Waals surface area contributed by atoms with Crippen molar-refractivity contribution >= 4 is 27.3 Å². The first-order chi connectivity index (χ1) is 15.1. The lowest BCUT2D eigenvalue weighted by Crippen LogP contribution is -2.53. The van der Waals surface area contributed by atoms with Gasteiger partial charge in [0, 0.05) is 51.6 Å². The van der Waals surface area contributed by atoms with Crippen molar-refractivity contribution < 1.29 is 13.2 Å². The molecule has 7 nitrogen and oxygen atoms in total. The molecule has 0 bridgehead atoms. The maximum atomic E-state index is 13.0. The summed E-state index contributed by atoms with van der Waals surface area (Å²) >= 11 is 0. The van der Waals surface area contributed by atoms with Crippen LogP contribution in [0.1, 0.15) is 32.3 Å². The first-order valence-corrected chi connectivity index (χ1v) is 12.5. The average Bonchev–Trinajstić information content (AvgIpc) is 2.79. The highest BCUT2D eigenvalue weighted by Gasteiger charge is 2.31. The summed E-state index contributed by atoms with van der Waals surface area (Å²) in [5, 5.41) is 2.96. The quantitative estimate of drug-likeness (QED) is 0.690. The van der Waals surface area contributed by atoms with Crippen LogP contribution >= 0.6 is 0 Å². The molecule has 0 spiro atoms. The number of hydrogen-bond acceptors (Lipinski definition) is 5. The third-order valence-corrected chi connectivity index (χ3v) is 7.95. The highest BCUT2D eigenvalue weighted by molar-refractivity contribution is 7.89. The molecule has 174 valence electrons. The molecular weight excluding hydrogens is 424 g/mol. The van der Waals surface area contributed by atoms with Gasteiger partial charge in [-0.15, -0.1) is 0 Å². The molecule has 1 aliphatic rings. The zero-order valence-electron chi connectivity index (χ0n) is 19.6. The molecule has 2 aromatic rings. The number of anilines is 2. The van der Waals surface area contributed by atoms with E-state index in [1.165, 1.54) is 4.31 Å². The van der Waals surface area contributed by atoms with Crippen molar-refractivity contribution in [2.45, 2.75) is 37.6 Å². The van der Waals surface area contributed by atoms with Gasteiger partial charge in [0.15, 0.2) is 0 Å². The van der Waals surface area contributed by atoms with Gasteiger partial charge in [-0.05, 0) is 54.8 Å². The molecule has 1 aliphatic heterocycles. The largest absolute Gasteiger partial charge is 0.378 e. The number of amides is 1. The fourth-order valence-electron chi connectivity index (χ4n) is 3.76. The Morgan fingerprint density at radius 2 is 1.47 bits per heavy atom. The monoisotopic (exact) mass is 458 g/mol. The van der Waals surface area contributed by atoms with E-state index in [1.807, 2.05) is 67.2 Å². The van der Waals surface area contributed by atoms with Crippen LogP contribution in [0.5, 0.6) is 0 Å². The van der Waals surface area contributed by atoms with Crippen molar-refractivity contribution in [3.8, 4) is 0 Å². The highest BCUT2D eigenvalue weighted by atomic mass is 32.2. The fraction of sp³-hybridized carbons (Fsp3) is 0.458. The second-order valence-corrected chi connectivity index (χ2v) is 10.7. The van der Waals surface area contributed by atoms with Crippen LogP contribution < -0.4 is 10.2 Å². The minimum atomic E-state index is -3.53. The number of hydrogen-bond donors (Lipinski definition) is 1. The van der Waals surface area contributed by atoms with Gasteiger partial charge in [0.2, 0.25) is 15.9 Å². The summed E-state index contributed by atoms with van der Waals surface area (Å²) in [6.07, 6.45) is 0. The maximum absolute atomic E-state index is 13.0. The molecule has 0 aromatic heterocycles. The van der Waals surface area contributed by atoms with Gasteiger partial charge in [-0.25, -0.2) is 8.42 Å². The van der Waals surface area contributed by atoms with Gasteiger partial charge in [0.25, 0.3) is 0 Å². The molecule has 0 unspecified atom stereocenters. The van der Waals surface area contributed by atoms with Crippen LogP contribution in [0.15, 0.2) is 53.4 Å². The Bertz CT molecular complexity index is 1010. The molecule has 1 saturated heterocycles. The summed E-state index contributed by atoms with van der Waals surface area (Å²) in [6.45, 7) is 7.78. The van der Waals surface area contributed by atoms with Crippen LogP contribution in [0.3, 0.4) is 0 Å². The van der Waals surface area contributed by atoms with Crippen molar-refractivity contribution in [3.63, 3.8) is 0 Å². The molecule has 1 atom stereocenters. The molecule has 1 N–H and O–H groups in total. The summed E-state index contributed by atoms with van der Waals surface area (Å²) < 4.78 is 27.6. The van der Waals surface area contributed by atoms with Crippen molar-refractivity contribution in [1.82, 2.24) is 9.21 Å². The van der Waals surface area contributed by atoms with E-state index in [0.717, 1.165) is 16.9 Å². The summed E-state index contributed by atoms with van der Waals surface area (Å²) in [5.74, 6) is 0.261. The van der Waals surface area contributed by atoms with Crippen LogP contribution in [-0.4, -0.2) is 69.8 Å². The molecule has 0 radical (unpaired) electrons. The number of rotatable bonds is 7. The van der Waals surface area contributed by atoms with Crippen molar-refractivity contribution in [3.05, 3.63) is 54.1 Å². The number of nitrogens with one attached hydrogen (secondary N) is 1. The molecule has 2 aromatic carbocycles. The van der Waals surface area contributed by atoms with E-state index in [0.29, 0.717) is 37.0 Å². The van der Waals surface area contributed by atoms with Crippen LogP contribution in [0, 0.1) is 0 Å². The molecule has 0 aliphatic carbocycles. The van der Waals surface area contributed by atoms with Crippen molar-refractivity contribution in [2.24, 2.45) is 0 Å². The highest BCUT2D eigenvalue weighted by Crippen LogP contribution is 2.22. The molecule has 32 heavy (non-hydrogen) atoms. The topological polar surface area (TPSA) is 73.0 Å². The number of sulfonamides is 1. The van der Waals surface area contributed by atoms with Gasteiger partial charge in [-0.3, -0.25) is 9.69 Å². The second-order valence-electron chi connectivity index (χ2n) is 8.77. The van der Waals surface area contributed by atoms with E-state index in [-0.39, 0.29) is 11.9 Å². The van der Waals surface area contributed by atoms with E-state index in [2.05, 4.69) is 19.2 Å². The Hall–Kier alpha value is -2.42. The van der Waals surface area contributed by atoms with Crippen LogP contribution in [0.25, 0.3) is 0 Å². The minimum absolute atomic E-state index is 0.0943. The second kappa shape index (κ2) is 10.0. The Labute approximate surface area is 192 Å². The van der Waals surface area contributed by atoms with Gasteiger partial charge < -0.3 is 10.2 Å². The number of benzene rings is 2. The molecule has 0 saturated carbocycles. The zero-order valence-corrected chi connectivity index (χ0v) is 20.4. The average molecular weight is 459 g/mol. The van der Waals surface area contributed by atoms with Gasteiger partial charge in [0.1, 0.15) is 0 Å². The minimum Gasteiger partial charge on any atom is -0.378 e. The van der Waals surface area contributed by atoms with E-state index in [4.69, 9.17) is 0 Å². The summed E-state index contributed by atoms with van der Waals surface area (Å²) in [4.78, 5) is 17.1. The normalized spacial score (nSPS) is 16.7. The van der Waals surface area contributed by atoms with E-state index in [9.17, 15) is 13.2 Å². The third-order valence-electron chi connectivity index (χ3n) is 6.04. The Morgan fingerprint density at radius 3 is 1.97 bits per heavy atom. The first-order valence-electron chi connectivity index (χ1n) is 11.0. The maximum Gasteiger partial charge on any atom is 0.243 e. The lowest BCUT2D eigenvalue weighted by Gasteiger charge is -2.36. The lowest BCUT2D eigenvalue weighted by atomic mass is 10.0. The van der Waals surface area contributed by atoms with Crippen LogP contribution in [-0.2, 0) is 14.8 Å².